The smallest absolute Gasteiger partial charge is 0.166 e. The Balaban J connectivity index is 3.04. The number of hydrogen-bond acceptors (Lipinski definition) is 5. The van der Waals surface area contributed by atoms with Gasteiger partial charge in [0.25, 0.3) is 0 Å². The van der Waals surface area contributed by atoms with Crippen molar-refractivity contribution < 1.29 is 19.7 Å². The highest BCUT2D eigenvalue weighted by Crippen LogP contribution is 2.35. The molecule has 0 radical (unpaired) electrons. The zero-order valence-corrected chi connectivity index (χ0v) is 10.1. The summed E-state index contributed by atoms with van der Waals surface area (Å²) in [5.74, 6) is 0.789. The lowest BCUT2D eigenvalue weighted by atomic mass is 10.0. The zero-order chi connectivity index (χ0) is 13.5. The number of aliphatic hydroxyl groups excluding tert-OH is 2. The van der Waals surface area contributed by atoms with E-state index in [1.807, 2.05) is 0 Å². The molecule has 18 heavy (non-hydrogen) atoms. The van der Waals surface area contributed by atoms with Crippen LogP contribution >= 0.6 is 0 Å². The average Bonchev–Trinajstić information content (AvgIpc) is 2.42. The normalized spacial score (nSPS) is 13.3. The van der Waals surface area contributed by atoms with Crippen molar-refractivity contribution in [2.75, 3.05) is 20.8 Å². The molecule has 2 N–H and O–H groups in total. The summed E-state index contributed by atoms with van der Waals surface area (Å²) in [6.07, 6.45) is -2.43. The van der Waals surface area contributed by atoms with E-state index in [1.54, 1.807) is 18.2 Å². The van der Waals surface area contributed by atoms with Crippen LogP contribution in [-0.4, -0.2) is 37.1 Å². The summed E-state index contributed by atoms with van der Waals surface area (Å²) >= 11 is 0. The Morgan fingerprint density at radius 3 is 2.61 bits per heavy atom. The van der Waals surface area contributed by atoms with E-state index in [0.29, 0.717) is 17.1 Å². The van der Waals surface area contributed by atoms with Gasteiger partial charge in [-0.2, -0.15) is 0 Å². The molecule has 0 saturated heterocycles. The van der Waals surface area contributed by atoms with Gasteiger partial charge in [0.15, 0.2) is 11.5 Å². The Morgan fingerprint density at radius 2 is 2.06 bits per heavy atom. The Bertz CT molecular complexity index is 446. The van der Waals surface area contributed by atoms with Crippen molar-refractivity contribution in [3.05, 3.63) is 34.2 Å². The lowest BCUT2D eigenvalue weighted by Crippen LogP contribution is -2.21. The fraction of sp³-hybridized carbons (Fsp3) is 0.455. The zero-order valence-electron chi connectivity index (χ0n) is 10.1. The molecule has 0 heterocycles. The Labute approximate surface area is 104 Å². The van der Waals surface area contributed by atoms with Gasteiger partial charge in [0.05, 0.1) is 26.9 Å². The highest BCUT2D eigenvalue weighted by Gasteiger charge is 2.23. The first-order valence-corrected chi connectivity index (χ1v) is 5.23. The number of methoxy groups -OCH3 is 2. The predicted molar refractivity (Wildman–Crippen MR) is 64.5 cm³/mol. The molecule has 0 amide bonds. The minimum absolute atomic E-state index is 0.224. The summed E-state index contributed by atoms with van der Waals surface area (Å²) < 4.78 is 10.2. The van der Waals surface area contributed by atoms with E-state index in [2.05, 4.69) is 10.0 Å². The van der Waals surface area contributed by atoms with E-state index < -0.39 is 12.2 Å². The summed E-state index contributed by atoms with van der Waals surface area (Å²) in [6.45, 7) is -0.224. The molecule has 7 nitrogen and oxygen atoms in total. The van der Waals surface area contributed by atoms with Crippen LogP contribution in [0.3, 0.4) is 0 Å². The van der Waals surface area contributed by atoms with E-state index in [4.69, 9.17) is 15.0 Å². The average molecular weight is 253 g/mol. The van der Waals surface area contributed by atoms with Crippen molar-refractivity contribution in [1.29, 1.82) is 0 Å². The van der Waals surface area contributed by atoms with Gasteiger partial charge in [0, 0.05) is 10.5 Å². The van der Waals surface area contributed by atoms with Crippen LogP contribution in [0, 0.1) is 0 Å². The van der Waals surface area contributed by atoms with Gasteiger partial charge in [-0.25, -0.2) is 0 Å². The Morgan fingerprint density at radius 1 is 1.33 bits per heavy atom. The summed E-state index contributed by atoms with van der Waals surface area (Å²) in [4.78, 5) is 2.53. The minimum atomic E-state index is -1.22. The van der Waals surface area contributed by atoms with Crippen molar-refractivity contribution in [1.82, 2.24) is 0 Å². The molecule has 0 spiro atoms. The van der Waals surface area contributed by atoms with Crippen LogP contribution in [0.25, 0.3) is 10.4 Å². The van der Waals surface area contributed by atoms with Crippen molar-refractivity contribution in [2.24, 2.45) is 5.11 Å². The third kappa shape index (κ3) is 3.04. The molecule has 1 rings (SSSR count). The monoisotopic (exact) mass is 253 g/mol. The lowest BCUT2D eigenvalue weighted by molar-refractivity contribution is 0.0228. The molecule has 0 bridgehead atoms. The largest absolute Gasteiger partial charge is 0.493 e. The van der Waals surface area contributed by atoms with Gasteiger partial charge >= 0.3 is 0 Å². The van der Waals surface area contributed by atoms with Gasteiger partial charge in [-0.1, -0.05) is 17.2 Å². The molecule has 98 valence electrons. The second kappa shape index (κ2) is 6.70. The summed E-state index contributed by atoms with van der Waals surface area (Å²) in [6, 6.07) is 4.94. The lowest BCUT2D eigenvalue weighted by Gasteiger charge is -2.20. The van der Waals surface area contributed by atoms with Crippen LogP contribution in [-0.2, 0) is 0 Å². The maximum Gasteiger partial charge on any atom is 0.166 e. The van der Waals surface area contributed by atoms with Crippen LogP contribution in [0.15, 0.2) is 23.3 Å². The van der Waals surface area contributed by atoms with Crippen LogP contribution in [0.1, 0.15) is 11.7 Å². The number of hydrogen-bond donors (Lipinski definition) is 2. The number of para-hydroxylation sites is 1. The molecule has 2 atom stereocenters. The van der Waals surface area contributed by atoms with E-state index in [1.165, 1.54) is 14.2 Å². The molecular formula is C11H15N3O4. The standard InChI is InChI=1S/C11H15N3O4/c1-17-9-5-3-4-7(11(9)18-2)10(16)8(15)6-13-14-12/h3-5,8,10,15-16H,6H2,1-2H3. The van der Waals surface area contributed by atoms with Crippen molar-refractivity contribution in [2.45, 2.75) is 12.2 Å². The maximum absolute atomic E-state index is 9.98. The number of rotatable bonds is 6. The molecule has 0 aliphatic heterocycles. The molecule has 0 aliphatic rings. The molecule has 1 aromatic carbocycles. The van der Waals surface area contributed by atoms with E-state index >= 15 is 0 Å². The quantitative estimate of drug-likeness (QED) is 0.454. The highest BCUT2D eigenvalue weighted by atomic mass is 16.5. The first-order chi connectivity index (χ1) is 8.65. The van der Waals surface area contributed by atoms with Crippen LogP contribution in [0.2, 0.25) is 0 Å². The van der Waals surface area contributed by atoms with Crippen LogP contribution < -0.4 is 9.47 Å². The first-order valence-electron chi connectivity index (χ1n) is 5.23. The summed E-state index contributed by atoms with van der Waals surface area (Å²) in [5, 5.41) is 22.9. The van der Waals surface area contributed by atoms with Crippen molar-refractivity contribution >= 4 is 0 Å². The second-order valence-electron chi connectivity index (χ2n) is 3.51. The highest BCUT2D eigenvalue weighted by molar-refractivity contribution is 5.47. The molecule has 0 saturated carbocycles. The summed E-state index contributed by atoms with van der Waals surface area (Å²) in [7, 11) is 2.91. The molecule has 0 aliphatic carbocycles. The SMILES string of the molecule is COc1cccc(C(O)C(O)CN=[N+]=[N-])c1OC. The van der Waals surface area contributed by atoms with Crippen LogP contribution in [0.4, 0.5) is 0 Å². The van der Waals surface area contributed by atoms with Gasteiger partial charge in [0.2, 0.25) is 0 Å². The van der Waals surface area contributed by atoms with Gasteiger partial charge in [-0.3, -0.25) is 0 Å². The van der Waals surface area contributed by atoms with E-state index in [0.717, 1.165) is 0 Å². The van der Waals surface area contributed by atoms with Gasteiger partial charge < -0.3 is 19.7 Å². The third-order valence-corrected chi connectivity index (χ3v) is 2.45. The predicted octanol–water partition coefficient (Wildman–Crippen LogP) is 1.41. The third-order valence-electron chi connectivity index (χ3n) is 2.45. The summed E-state index contributed by atoms with van der Waals surface area (Å²) in [5.41, 5.74) is 8.54. The second-order valence-corrected chi connectivity index (χ2v) is 3.51. The van der Waals surface area contributed by atoms with Crippen LogP contribution in [0.5, 0.6) is 11.5 Å². The van der Waals surface area contributed by atoms with Gasteiger partial charge in [0.1, 0.15) is 6.10 Å². The first kappa shape index (κ1) is 14.1. The number of nitrogens with zero attached hydrogens (tertiary/aromatic N) is 3. The number of benzene rings is 1. The molecule has 0 aromatic heterocycles. The molecule has 2 unspecified atom stereocenters. The fourth-order valence-corrected chi connectivity index (χ4v) is 1.57. The van der Waals surface area contributed by atoms with E-state index in [9.17, 15) is 10.2 Å². The number of ether oxygens (including phenoxy) is 2. The maximum atomic E-state index is 9.98. The van der Waals surface area contributed by atoms with E-state index in [-0.39, 0.29) is 6.54 Å². The minimum Gasteiger partial charge on any atom is -0.493 e. The van der Waals surface area contributed by atoms with Crippen molar-refractivity contribution in [3.8, 4) is 11.5 Å². The van der Waals surface area contributed by atoms with Gasteiger partial charge in [-0.05, 0) is 11.6 Å². The molecular weight excluding hydrogens is 238 g/mol. The van der Waals surface area contributed by atoms with Gasteiger partial charge in [-0.15, -0.1) is 0 Å². The molecule has 1 aromatic rings. The number of azide groups is 1. The molecule has 0 fully saturated rings. The number of aliphatic hydroxyl groups is 2. The Hall–Kier alpha value is -1.95. The van der Waals surface area contributed by atoms with Crippen molar-refractivity contribution in [3.63, 3.8) is 0 Å². The topological polar surface area (TPSA) is 108 Å². The molecule has 7 heteroatoms. The Kier molecular flexibility index (Phi) is 5.26. The fourth-order valence-electron chi connectivity index (χ4n) is 1.57.